The minimum atomic E-state index is -3.80. The molecule has 40 heavy (non-hydrogen) atoms. The maximum atomic E-state index is 14.5. The van der Waals surface area contributed by atoms with Gasteiger partial charge < -0.3 is 0 Å². The van der Waals surface area contributed by atoms with Gasteiger partial charge in [0.25, 0.3) is 0 Å². The van der Waals surface area contributed by atoms with Crippen molar-refractivity contribution in [1.29, 1.82) is 0 Å². The van der Waals surface area contributed by atoms with Crippen molar-refractivity contribution in [2.45, 2.75) is 163 Å². The standard InChI is InChI=1S/C22H30NO3S.3C4H9.Sn/c1-4-7-17-8-5-14-22-15-6-9-19(22)21(3,20(24)23(17)22)27(25,26)18-12-10-16(2)11-13-18;3*1-3-4-2;/h10-13,17,19H,1,4-9,14-15H2,2-3H3;3*1,3-4H2,2H3;/t17-,19+,21?,22+;;;;/m0..../s1. The zero-order valence-electron chi connectivity index (χ0n) is 26.3. The Bertz CT molecular complexity index is 1080. The number of benzene rings is 1. The Morgan fingerprint density at radius 2 is 1.38 bits per heavy atom. The van der Waals surface area contributed by atoms with Crippen LogP contribution < -0.4 is 0 Å². The van der Waals surface area contributed by atoms with Crippen LogP contribution in [-0.2, 0) is 14.6 Å². The van der Waals surface area contributed by atoms with Crippen LogP contribution in [0.3, 0.4) is 0 Å². The molecule has 0 aromatic heterocycles. The molecule has 4 nitrogen and oxygen atoms in total. The van der Waals surface area contributed by atoms with Crippen LogP contribution in [0.25, 0.3) is 0 Å². The SMILES string of the molecule is CCC[CH2][Sn]([CH2]CCC)([CH2]CCC)[CH2]CC[C@H]1CCC[C@@]23CCC[C@@H]2C(C)(S(=O)(=O)c2ccc(C)cc2)C(=O)N13. The van der Waals surface area contributed by atoms with Crippen LogP contribution in [0.4, 0.5) is 0 Å². The summed E-state index contributed by atoms with van der Waals surface area (Å²) < 4.78 is 33.3. The van der Waals surface area contributed by atoms with Gasteiger partial charge in [-0.05, 0) is 6.92 Å². The van der Waals surface area contributed by atoms with Crippen molar-refractivity contribution >= 4 is 34.1 Å². The zero-order valence-corrected chi connectivity index (χ0v) is 29.9. The Labute approximate surface area is 250 Å². The molecule has 1 aliphatic carbocycles. The summed E-state index contributed by atoms with van der Waals surface area (Å²) in [7, 11) is -3.80. The summed E-state index contributed by atoms with van der Waals surface area (Å²) in [5.41, 5.74) is 0.786. The van der Waals surface area contributed by atoms with Crippen molar-refractivity contribution in [3.63, 3.8) is 0 Å². The Morgan fingerprint density at radius 1 is 0.850 bits per heavy atom. The van der Waals surface area contributed by atoms with E-state index in [2.05, 4.69) is 25.7 Å². The van der Waals surface area contributed by atoms with Crippen molar-refractivity contribution in [2.24, 2.45) is 5.92 Å². The Balaban J connectivity index is 1.58. The van der Waals surface area contributed by atoms with E-state index < -0.39 is 33.0 Å². The van der Waals surface area contributed by atoms with Gasteiger partial charge in [-0.3, -0.25) is 0 Å². The van der Waals surface area contributed by atoms with Gasteiger partial charge in [0.2, 0.25) is 0 Å². The number of unbranched alkanes of at least 4 members (excludes halogenated alkanes) is 3. The van der Waals surface area contributed by atoms with Crippen LogP contribution in [0.5, 0.6) is 0 Å². The first-order chi connectivity index (χ1) is 19.1. The van der Waals surface area contributed by atoms with Gasteiger partial charge in [0.15, 0.2) is 0 Å². The van der Waals surface area contributed by atoms with Crippen molar-refractivity contribution in [1.82, 2.24) is 4.90 Å². The number of hydrogen-bond donors (Lipinski definition) is 0. The number of aryl methyl sites for hydroxylation is 1. The number of hydrogen-bond acceptors (Lipinski definition) is 3. The molecule has 0 bridgehead atoms. The van der Waals surface area contributed by atoms with E-state index in [1.165, 1.54) is 62.7 Å². The molecule has 0 radical (unpaired) electrons. The molecule has 0 N–H and O–H groups in total. The second kappa shape index (κ2) is 13.4. The van der Waals surface area contributed by atoms with E-state index in [9.17, 15) is 13.2 Å². The fourth-order valence-electron chi connectivity index (χ4n) is 9.10. The van der Waals surface area contributed by atoms with Crippen LogP contribution >= 0.6 is 0 Å². The van der Waals surface area contributed by atoms with Gasteiger partial charge in [-0.25, -0.2) is 0 Å². The molecule has 1 spiro atoms. The first kappa shape index (κ1) is 32.4. The fraction of sp³-hybridized carbons (Fsp3) is 0.794. The molecule has 2 saturated heterocycles. The average molecular weight is 679 g/mol. The number of amides is 1. The number of nitrogens with zero attached hydrogens (tertiary/aromatic N) is 1. The molecule has 226 valence electrons. The Hall–Kier alpha value is -0.561. The van der Waals surface area contributed by atoms with Gasteiger partial charge in [-0.15, -0.1) is 0 Å². The summed E-state index contributed by atoms with van der Waals surface area (Å²) in [6.07, 6.45) is 16.4. The van der Waals surface area contributed by atoms with Crippen molar-refractivity contribution in [3.05, 3.63) is 29.8 Å². The third kappa shape index (κ3) is 5.82. The van der Waals surface area contributed by atoms with Gasteiger partial charge in [0.05, 0.1) is 0 Å². The molecule has 1 aromatic carbocycles. The van der Waals surface area contributed by atoms with Crippen molar-refractivity contribution < 1.29 is 13.2 Å². The molecule has 3 fully saturated rings. The van der Waals surface area contributed by atoms with Crippen LogP contribution in [0, 0.1) is 12.8 Å². The molecule has 2 heterocycles. The van der Waals surface area contributed by atoms with Gasteiger partial charge in [0.1, 0.15) is 0 Å². The topological polar surface area (TPSA) is 54.5 Å². The van der Waals surface area contributed by atoms with Gasteiger partial charge in [-0.1, -0.05) is 0 Å². The third-order valence-electron chi connectivity index (χ3n) is 11.4. The van der Waals surface area contributed by atoms with E-state index in [4.69, 9.17) is 0 Å². The zero-order chi connectivity index (χ0) is 29.0. The number of rotatable bonds is 15. The van der Waals surface area contributed by atoms with E-state index in [1.807, 2.05) is 19.1 Å². The molecular formula is C34H57NO3SSn. The molecule has 1 unspecified atom stereocenters. The van der Waals surface area contributed by atoms with E-state index >= 15 is 0 Å². The Kier molecular flexibility index (Phi) is 10.8. The summed E-state index contributed by atoms with van der Waals surface area (Å²) >= 11 is -2.23. The summed E-state index contributed by atoms with van der Waals surface area (Å²) in [5.74, 6) is -0.182. The van der Waals surface area contributed by atoms with Crippen molar-refractivity contribution in [3.8, 4) is 0 Å². The Morgan fingerprint density at radius 3 is 1.93 bits per heavy atom. The second-order valence-electron chi connectivity index (χ2n) is 13.9. The monoisotopic (exact) mass is 679 g/mol. The van der Waals surface area contributed by atoms with Crippen LogP contribution in [0.2, 0.25) is 17.7 Å². The average Bonchev–Trinajstić information content (AvgIpc) is 3.44. The molecular weight excluding hydrogens is 621 g/mol. The van der Waals surface area contributed by atoms with E-state index in [0.29, 0.717) is 4.90 Å². The number of sulfone groups is 1. The molecule has 1 amide bonds. The predicted molar refractivity (Wildman–Crippen MR) is 170 cm³/mol. The van der Waals surface area contributed by atoms with E-state index in [1.54, 1.807) is 19.1 Å². The molecule has 2 aliphatic heterocycles. The quantitative estimate of drug-likeness (QED) is 0.174. The first-order valence-electron chi connectivity index (χ1n) is 16.8. The number of piperidine rings is 1. The molecule has 4 atom stereocenters. The normalized spacial score (nSPS) is 28.6. The number of carbonyl (C=O) groups is 1. The van der Waals surface area contributed by atoms with E-state index in [0.717, 1.165) is 50.5 Å². The van der Waals surface area contributed by atoms with Crippen molar-refractivity contribution in [2.75, 3.05) is 0 Å². The molecule has 6 heteroatoms. The first-order valence-corrected chi connectivity index (χ1v) is 26.3. The van der Waals surface area contributed by atoms with Crippen LogP contribution in [0.15, 0.2) is 29.2 Å². The van der Waals surface area contributed by atoms with Gasteiger partial charge in [0, 0.05) is 0 Å². The van der Waals surface area contributed by atoms with Gasteiger partial charge >= 0.3 is 245 Å². The van der Waals surface area contributed by atoms with Crippen LogP contribution in [-0.4, -0.2) is 53.9 Å². The second-order valence-corrected chi connectivity index (χ2v) is 30.5. The van der Waals surface area contributed by atoms with E-state index in [-0.39, 0.29) is 23.4 Å². The molecule has 1 aromatic rings. The summed E-state index contributed by atoms with van der Waals surface area (Å²) in [4.78, 5) is 17.0. The fourth-order valence-corrected chi connectivity index (χ4v) is 27.6. The summed E-state index contributed by atoms with van der Waals surface area (Å²) in [6.45, 7) is 10.8. The maximum absolute atomic E-state index is 14.5. The van der Waals surface area contributed by atoms with Gasteiger partial charge in [-0.2, -0.15) is 0 Å². The molecule has 3 aliphatic rings. The van der Waals surface area contributed by atoms with Crippen LogP contribution in [0.1, 0.15) is 123 Å². The predicted octanol–water partition coefficient (Wildman–Crippen LogP) is 9.09. The summed E-state index contributed by atoms with van der Waals surface area (Å²) in [5, 5.41) is 0. The third-order valence-corrected chi connectivity index (χ3v) is 30.0. The molecule has 1 saturated carbocycles. The molecule has 4 rings (SSSR count). The summed E-state index contributed by atoms with van der Waals surface area (Å²) in [6, 6.07) is 7.38. The number of carbonyl (C=O) groups excluding carboxylic acids is 1. The minimum absolute atomic E-state index is 0.0831.